The Balaban J connectivity index is 1.71. The summed E-state index contributed by atoms with van der Waals surface area (Å²) >= 11 is 12.0. The van der Waals surface area contributed by atoms with E-state index in [2.05, 4.69) is 20.9 Å². The smallest absolute Gasteiger partial charge is 0.278 e. The zero-order chi connectivity index (χ0) is 20.3. The van der Waals surface area contributed by atoms with E-state index in [1.54, 1.807) is 19.1 Å². The van der Waals surface area contributed by atoms with Gasteiger partial charge in [0.1, 0.15) is 6.54 Å². The van der Waals surface area contributed by atoms with E-state index in [1.165, 1.54) is 10.7 Å². The van der Waals surface area contributed by atoms with Crippen molar-refractivity contribution in [1.82, 2.24) is 15.0 Å². The van der Waals surface area contributed by atoms with Crippen molar-refractivity contribution < 1.29 is 9.59 Å². The van der Waals surface area contributed by atoms with Crippen molar-refractivity contribution in [3.05, 3.63) is 69.5 Å². The lowest BCUT2D eigenvalue weighted by Gasteiger charge is -2.09. The molecule has 0 spiro atoms. The third kappa shape index (κ3) is 4.49. The third-order valence-corrected chi connectivity index (χ3v) is 4.65. The van der Waals surface area contributed by atoms with Gasteiger partial charge in [-0.3, -0.25) is 9.59 Å². The van der Waals surface area contributed by atoms with Gasteiger partial charge in [0.25, 0.3) is 5.91 Å². The highest BCUT2D eigenvalue weighted by molar-refractivity contribution is 6.35. The van der Waals surface area contributed by atoms with Crippen molar-refractivity contribution in [3.63, 3.8) is 0 Å². The van der Waals surface area contributed by atoms with Crippen LogP contribution in [0.5, 0.6) is 0 Å². The van der Waals surface area contributed by atoms with Gasteiger partial charge in [0.05, 0.1) is 16.4 Å². The van der Waals surface area contributed by atoms with Crippen LogP contribution in [-0.4, -0.2) is 26.8 Å². The molecule has 0 saturated carbocycles. The molecule has 0 aliphatic carbocycles. The number of aromatic nitrogens is 3. The number of carbonyl (C=O) groups excluding carboxylic acids is 2. The zero-order valence-corrected chi connectivity index (χ0v) is 16.7. The van der Waals surface area contributed by atoms with E-state index in [0.717, 1.165) is 11.3 Å². The minimum atomic E-state index is -0.493. The number of hydrogen-bond donors (Lipinski definition) is 2. The quantitative estimate of drug-likeness (QED) is 0.653. The van der Waals surface area contributed by atoms with Gasteiger partial charge in [-0.2, -0.15) is 0 Å². The van der Waals surface area contributed by atoms with E-state index in [-0.39, 0.29) is 18.1 Å². The Kier molecular flexibility index (Phi) is 5.96. The summed E-state index contributed by atoms with van der Waals surface area (Å²) in [7, 11) is 0. The van der Waals surface area contributed by atoms with Gasteiger partial charge in [-0.15, -0.1) is 5.10 Å². The number of aryl methyl sites for hydroxylation is 1. The van der Waals surface area contributed by atoms with Crippen LogP contribution in [0.15, 0.2) is 42.5 Å². The second-order valence-corrected chi connectivity index (χ2v) is 6.97. The van der Waals surface area contributed by atoms with Gasteiger partial charge < -0.3 is 10.6 Å². The van der Waals surface area contributed by atoms with E-state index in [0.29, 0.717) is 21.4 Å². The summed E-state index contributed by atoms with van der Waals surface area (Å²) in [5.41, 5.74) is 2.59. The highest BCUT2D eigenvalue weighted by atomic mass is 35.5. The lowest BCUT2D eigenvalue weighted by Crippen LogP contribution is -2.21. The summed E-state index contributed by atoms with van der Waals surface area (Å²) in [6.07, 6.45) is 0. The van der Waals surface area contributed by atoms with Crippen LogP contribution in [0.1, 0.15) is 21.7 Å². The number of hydrogen-bond acceptors (Lipinski definition) is 4. The molecule has 0 radical (unpaired) electrons. The molecule has 28 heavy (non-hydrogen) atoms. The van der Waals surface area contributed by atoms with Crippen molar-refractivity contribution in [2.75, 3.05) is 10.6 Å². The molecule has 1 aromatic heterocycles. The molecule has 0 aliphatic rings. The molecule has 0 atom stereocenters. The standard InChI is InChI=1S/C19H17Cl2N5O2/c1-11-5-3-4-6-15(11)22-17(27)10-26-12(2)18(24-25-26)19(28)23-16-9-13(20)7-8-14(16)21/h3-9H,10H2,1-2H3,(H,22,27)(H,23,28). The van der Waals surface area contributed by atoms with Crippen LogP contribution in [0.25, 0.3) is 0 Å². The topological polar surface area (TPSA) is 88.9 Å². The maximum absolute atomic E-state index is 12.5. The minimum absolute atomic E-state index is 0.0711. The summed E-state index contributed by atoms with van der Waals surface area (Å²) in [6.45, 7) is 3.49. The number of benzene rings is 2. The lowest BCUT2D eigenvalue weighted by molar-refractivity contribution is -0.117. The van der Waals surface area contributed by atoms with Gasteiger partial charge in [0.2, 0.25) is 5.91 Å². The first-order valence-corrected chi connectivity index (χ1v) is 9.12. The summed E-state index contributed by atoms with van der Waals surface area (Å²) in [5, 5.41) is 14.0. The van der Waals surface area contributed by atoms with Crippen molar-refractivity contribution in [1.29, 1.82) is 0 Å². The van der Waals surface area contributed by atoms with Crippen LogP contribution >= 0.6 is 23.2 Å². The first kappa shape index (κ1) is 19.9. The molecule has 7 nitrogen and oxygen atoms in total. The molecule has 3 rings (SSSR count). The molecule has 144 valence electrons. The molecule has 2 aromatic carbocycles. The van der Waals surface area contributed by atoms with Crippen molar-refractivity contribution in [2.24, 2.45) is 0 Å². The summed E-state index contributed by atoms with van der Waals surface area (Å²) in [4.78, 5) is 24.8. The molecule has 9 heteroatoms. The van der Waals surface area contributed by atoms with Crippen LogP contribution in [0.3, 0.4) is 0 Å². The van der Waals surface area contributed by atoms with Crippen LogP contribution < -0.4 is 10.6 Å². The Hall–Kier alpha value is -2.90. The van der Waals surface area contributed by atoms with Crippen molar-refractivity contribution in [2.45, 2.75) is 20.4 Å². The van der Waals surface area contributed by atoms with E-state index in [1.807, 2.05) is 31.2 Å². The Morgan fingerprint density at radius 1 is 1.04 bits per heavy atom. The highest BCUT2D eigenvalue weighted by Gasteiger charge is 2.19. The fraction of sp³-hybridized carbons (Fsp3) is 0.158. The Morgan fingerprint density at radius 2 is 1.79 bits per heavy atom. The van der Waals surface area contributed by atoms with Gasteiger partial charge in [0.15, 0.2) is 5.69 Å². The number of nitrogens with zero attached hydrogens (tertiary/aromatic N) is 3. The molecular weight excluding hydrogens is 401 g/mol. The Bertz CT molecular complexity index is 1050. The predicted octanol–water partition coefficient (Wildman–Crippen LogP) is 4.09. The summed E-state index contributed by atoms with van der Waals surface area (Å²) < 4.78 is 1.36. The van der Waals surface area contributed by atoms with Crippen LogP contribution in [0.4, 0.5) is 11.4 Å². The zero-order valence-electron chi connectivity index (χ0n) is 15.2. The number of anilines is 2. The van der Waals surface area contributed by atoms with Gasteiger partial charge in [-0.1, -0.05) is 46.6 Å². The average molecular weight is 418 g/mol. The largest absolute Gasteiger partial charge is 0.324 e. The first-order chi connectivity index (χ1) is 13.3. The number of para-hydroxylation sites is 1. The molecule has 2 amide bonds. The summed E-state index contributed by atoms with van der Waals surface area (Å²) in [5.74, 6) is -0.764. The molecule has 0 aliphatic heterocycles. The number of halogens is 2. The van der Waals surface area contributed by atoms with Crippen LogP contribution in [0.2, 0.25) is 10.0 Å². The maximum atomic E-state index is 12.5. The fourth-order valence-corrected chi connectivity index (χ4v) is 2.87. The van der Waals surface area contributed by atoms with Crippen LogP contribution in [-0.2, 0) is 11.3 Å². The Morgan fingerprint density at radius 3 is 2.54 bits per heavy atom. The second kappa shape index (κ2) is 8.41. The SMILES string of the molecule is Cc1ccccc1NC(=O)Cn1nnc(C(=O)Nc2cc(Cl)ccc2Cl)c1C. The minimum Gasteiger partial charge on any atom is -0.324 e. The van der Waals surface area contributed by atoms with Gasteiger partial charge in [0, 0.05) is 10.7 Å². The molecule has 1 heterocycles. The molecule has 0 fully saturated rings. The average Bonchev–Trinajstić information content (AvgIpc) is 3.00. The van der Waals surface area contributed by atoms with Crippen molar-refractivity contribution >= 4 is 46.4 Å². The predicted molar refractivity (Wildman–Crippen MR) is 109 cm³/mol. The van der Waals surface area contributed by atoms with E-state index in [9.17, 15) is 9.59 Å². The molecule has 0 unspecified atom stereocenters. The van der Waals surface area contributed by atoms with Gasteiger partial charge >= 0.3 is 0 Å². The molecule has 3 aromatic rings. The number of amides is 2. The third-order valence-electron chi connectivity index (χ3n) is 4.09. The number of nitrogens with one attached hydrogen (secondary N) is 2. The molecule has 2 N–H and O–H groups in total. The van der Waals surface area contributed by atoms with E-state index in [4.69, 9.17) is 23.2 Å². The van der Waals surface area contributed by atoms with Gasteiger partial charge in [-0.05, 0) is 43.7 Å². The normalized spacial score (nSPS) is 10.6. The summed E-state index contributed by atoms with van der Waals surface area (Å²) in [6, 6.07) is 12.2. The monoisotopic (exact) mass is 417 g/mol. The number of carbonyl (C=O) groups is 2. The first-order valence-electron chi connectivity index (χ1n) is 8.37. The molecular formula is C19H17Cl2N5O2. The highest BCUT2D eigenvalue weighted by Crippen LogP contribution is 2.26. The lowest BCUT2D eigenvalue weighted by atomic mass is 10.2. The molecule has 0 saturated heterocycles. The van der Waals surface area contributed by atoms with Gasteiger partial charge in [-0.25, -0.2) is 4.68 Å². The Labute approximate surface area is 171 Å². The molecule has 0 bridgehead atoms. The number of rotatable bonds is 5. The van der Waals surface area contributed by atoms with Crippen LogP contribution in [0, 0.1) is 13.8 Å². The second-order valence-electron chi connectivity index (χ2n) is 6.12. The maximum Gasteiger partial charge on any atom is 0.278 e. The van der Waals surface area contributed by atoms with Crippen molar-refractivity contribution in [3.8, 4) is 0 Å². The fourth-order valence-electron chi connectivity index (χ4n) is 2.53. The van der Waals surface area contributed by atoms with E-state index < -0.39 is 5.91 Å². The van der Waals surface area contributed by atoms with E-state index >= 15 is 0 Å².